The number of hydrogen-bond donors (Lipinski definition) is 1. The number of nitrogens with zero attached hydrogens (tertiary/aromatic N) is 2. The fourth-order valence-corrected chi connectivity index (χ4v) is 3.25. The van der Waals surface area contributed by atoms with Gasteiger partial charge in [-0.2, -0.15) is 4.40 Å². The van der Waals surface area contributed by atoms with Gasteiger partial charge in [0.2, 0.25) is 0 Å². The summed E-state index contributed by atoms with van der Waals surface area (Å²) in [5.74, 6) is -3.41. The van der Waals surface area contributed by atoms with Crippen LogP contribution >= 0.6 is 0 Å². The lowest BCUT2D eigenvalue weighted by Gasteiger charge is -2.38. The second kappa shape index (κ2) is 7.42. The van der Waals surface area contributed by atoms with Crippen molar-refractivity contribution in [2.75, 3.05) is 13.1 Å². The summed E-state index contributed by atoms with van der Waals surface area (Å²) in [7, 11) is -1.47. The Bertz CT molecular complexity index is 738. The third kappa shape index (κ3) is 4.87. The zero-order valence-electron chi connectivity index (χ0n) is 15.3. The maximum atomic E-state index is 14.6. The van der Waals surface area contributed by atoms with Gasteiger partial charge in [0.1, 0.15) is 11.0 Å². The smallest absolute Gasteiger partial charge is 0.407 e. The zero-order valence-corrected chi connectivity index (χ0v) is 16.1. The largest absolute Gasteiger partial charge is 0.465 e. The molecular weight excluding hydrogens is 362 g/mol. The number of halogens is 2. The molecule has 5 nitrogen and oxygen atoms in total. The van der Waals surface area contributed by atoms with E-state index in [4.69, 9.17) is 5.11 Å². The molecule has 1 amide bonds. The number of carboxylic acid groups (broad SMARTS) is 1. The molecule has 0 spiro atoms. The monoisotopic (exact) mass is 386 g/mol. The lowest BCUT2D eigenvalue weighted by molar-refractivity contribution is -0.0527. The molecule has 0 saturated carbocycles. The summed E-state index contributed by atoms with van der Waals surface area (Å²) in [4.78, 5) is 11.9. The summed E-state index contributed by atoms with van der Waals surface area (Å²) < 4.78 is 44.9. The summed E-state index contributed by atoms with van der Waals surface area (Å²) in [6.45, 7) is 7.30. The van der Waals surface area contributed by atoms with Crippen molar-refractivity contribution in [1.29, 1.82) is 0 Å². The molecule has 1 N–H and O–H groups in total. The first-order valence-corrected chi connectivity index (χ1v) is 9.45. The van der Waals surface area contributed by atoms with Crippen LogP contribution in [0.1, 0.15) is 45.2 Å². The summed E-state index contributed by atoms with van der Waals surface area (Å²) >= 11 is 0. The highest BCUT2D eigenvalue weighted by Gasteiger charge is 2.40. The third-order valence-corrected chi connectivity index (χ3v) is 5.71. The lowest BCUT2D eigenvalue weighted by atomic mass is 9.89. The molecule has 26 heavy (non-hydrogen) atoms. The minimum Gasteiger partial charge on any atom is -0.465 e. The Balaban J connectivity index is 2.14. The molecular formula is C18H24F2N2O3S. The van der Waals surface area contributed by atoms with Crippen molar-refractivity contribution in [2.24, 2.45) is 10.3 Å². The van der Waals surface area contributed by atoms with Gasteiger partial charge in [0.25, 0.3) is 5.92 Å². The number of carbonyl (C=O) groups is 1. The molecule has 0 radical (unpaired) electrons. The van der Waals surface area contributed by atoms with E-state index in [9.17, 15) is 17.8 Å². The predicted molar refractivity (Wildman–Crippen MR) is 98.1 cm³/mol. The van der Waals surface area contributed by atoms with Crippen LogP contribution in [0.5, 0.6) is 0 Å². The van der Waals surface area contributed by atoms with Crippen LogP contribution in [0.15, 0.2) is 28.7 Å². The van der Waals surface area contributed by atoms with Gasteiger partial charge < -0.3 is 10.0 Å². The van der Waals surface area contributed by atoms with Gasteiger partial charge in [0.15, 0.2) is 0 Å². The minimum atomic E-state index is -3.06. The molecule has 2 rings (SSSR count). The molecule has 0 aromatic heterocycles. The second-order valence-corrected chi connectivity index (χ2v) is 9.49. The average Bonchev–Trinajstić information content (AvgIpc) is 2.49. The Hall–Kier alpha value is -1.83. The quantitative estimate of drug-likeness (QED) is 0.776. The van der Waals surface area contributed by atoms with E-state index in [2.05, 4.69) is 4.40 Å². The van der Waals surface area contributed by atoms with Crippen molar-refractivity contribution >= 4 is 22.8 Å². The van der Waals surface area contributed by atoms with Crippen molar-refractivity contribution in [1.82, 2.24) is 4.90 Å². The Morgan fingerprint density at radius 1 is 1.35 bits per heavy atom. The van der Waals surface area contributed by atoms with E-state index < -0.39 is 34.2 Å². The molecule has 1 saturated heterocycles. The number of likely N-dealkylation sites (tertiary alicyclic amines) is 1. The fraction of sp³-hybridized carbons (Fsp3) is 0.556. The SMILES string of the molecule is CC(=NS(=O)C(C)(C)C)c1cccc(C(F)(F)CC2CN(C(=O)O)C2)c1. The molecule has 1 atom stereocenters. The van der Waals surface area contributed by atoms with Crippen LogP contribution in [0, 0.1) is 5.92 Å². The Morgan fingerprint density at radius 3 is 2.50 bits per heavy atom. The Labute approximate surface area is 154 Å². The first-order chi connectivity index (χ1) is 11.9. The van der Waals surface area contributed by atoms with Crippen LogP contribution in [0.25, 0.3) is 0 Å². The normalized spacial score (nSPS) is 17.8. The lowest BCUT2D eigenvalue weighted by Crippen LogP contribution is -2.50. The predicted octanol–water partition coefficient (Wildman–Crippen LogP) is 4.05. The van der Waals surface area contributed by atoms with Gasteiger partial charge in [-0.3, -0.25) is 0 Å². The average molecular weight is 386 g/mol. The molecule has 144 valence electrons. The first kappa shape index (κ1) is 20.5. The van der Waals surface area contributed by atoms with Gasteiger partial charge in [-0.25, -0.2) is 17.8 Å². The molecule has 1 aromatic carbocycles. The van der Waals surface area contributed by atoms with Gasteiger partial charge in [0.05, 0.1) is 10.5 Å². The maximum Gasteiger partial charge on any atom is 0.407 e. The molecule has 0 aliphatic carbocycles. The van der Waals surface area contributed by atoms with E-state index in [1.807, 2.05) is 0 Å². The van der Waals surface area contributed by atoms with Crippen LogP contribution < -0.4 is 0 Å². The van der Waals surface area contributed by atoms with Crippen molar-refractivity contribution in [3.63, 3.8) is 0 Å². The Kier molecular flexibility index (Phi) is 5.85. The summed E-state index contributed by atoms with van der Waals surface area (Å²) in [5, 5.41) is 8.79. The van der Waals surface area contributed by atoms with Crippen molar-refractivity contribution in [2.45, 2.75) is 44.8 Å². The van der Waals surface area contributed by atoms with Crippen molar-refractivity contribution < 1.29 is 22.9 Å². The highest BCUT2D eigenvalue weighted by molar-refractivity contribution is 7.85. The van der Waals surface area contributed by atoms with E-state index in [0.29, 0.717) is 11.3 Å². The van der Waals surface area contributed by atoms with Gasteiger partial charge in [-0.1, -0.05) is 18.2 Å². The van der Waals surface area contributed by atoms with Gasteiger partial charge in [0, 0.05) is 31.0 Å². The van der Waals surface area contributed by atoms with Crippen LogP contribution in [0.2, 0.25) is 0 Å². The van der Waals surface area contributed by atoms with E-state index in [1.54, 1.807) is 33.8 Å². The summed E-state index contributed by atoms with van der Waals surface area (Å²) in [6.07, 6.45) is -1.48. The number of amides is 1. The molecule has 1 aromatic rings. The topological polar surface area (TPSA) is 70.0 Å². The fourth-order valence-electron chi connectivity index (χ4n) is 2.62. The molecule has 1 aliphatic heterocycles. The van der Waals surface area contributed by atoms with Crippen molar-refractivity contribution in [3.8, 4) is 0 Å². The van der Waals surface area contributed by atoms with Crippen LogP contribution in [-0.4, -0.2) is 43.9 Å². The zero-order chi connectivity index (χ0) is 19.7. The molecule has 1 fully saturated rings. The molecule has 0 bridgehead atoms. The second-order valence-electron chi connectivity index (χ2n) is 7.58. The Morgan fingerprint density at radius 2 is 1.96 bits per heavy atom. The van der Waals surface area contributed by atoms with Crippen LogP contribution in [-0.2, 0) is 16.9 Å². The number of hydrogen-bond acceptors (Lipinski definition) is 2. The van der Waals surface area contributed by atoms with Crippen LogP contribution in [0.4, 0.5) is 13.6 Å². The molecule has 1 aliphatic rings. The molecule has 1 heterocycles. The number of benzene rings is 1. The standard InChI is InChI=1S/C18H24F2N2O3S/c1-12(21-26(25)17(2,3)4)14-6-5-7-15(8-14)18(19,20)9-13-10-22(11-13)16(23)24/h5-8,13H,9-11H2,1-4H3,(H,23,24). The van der Waals surface area contributed by atoms with Crippen molar-refractivity contribution in [3.05, 3.63) is 35.4 Å². The third-order valence-electron chi connectivity index (χ3n) is 4.22. The maximum absolute atomic E-state index is 14.6. The van der Waals surface area contributed by atoms with E-state index >= 15 is 0 Å². The van der Waals surface area contributed by atoms with E-state index in [-0.39, 0.29) is 24.6 Å². The van der Waals surface area contributed by atoms with E-state index in [1.165, 1.54) is 18.2 Å². The van der Waals surface area contributed by atoms with Crippen LogP contribution in [0.3, 0.4) is 0 Å². The number of rotatable bonds is 5. The minimum absolute atomic E-state index is 0.135. The van der Waals surface area contributed by atoms with Gasteiger partial charge in [-0.15, -0.1) is 0 Å². The molecule has 8 heteroatoms. The first-order valence-electron chi connectivity index (χ1n) is 8.34. The van der Waals surface area contributed by atoms with E-state index in [0.717, 1.165) is 4.90 Å². The summed E-state index contributed by atoms with van der Waals surface area (Å²) in [5.41, 5.74) is 0.803. The number of alkyl halides is 2. The van der Waals surface area contributed by atoms with Gasteiger partial charge in [-0.05, 0) is 39.3 Å². The highest BCUT2D eigenvalue weighted by Crippen LogP contribution is 2.38. The summed E-state index contributed by atoms with van der Waals surface area (Å²) in [6, 6.07) is 5.91. The highest BCUT2D eigenvalue weighted by atomic mass is 32.2. The van der Waals surface area contributed by atoms with Gasteiger partial charge >= 0.3 is 6.09 Å². The molecule has 1 unspecified atom stereocenters.